The molecule has 31 heavy (non-hydrogen) atoms. The second-order valence-electron chi connectivity index (χ2n) is 10.6. The Hall–Kier alpha value is -2.69. The summed E-state index contributed by atoms with van der Waals surface area (Å²) in [5, 5.41) is 19.4. The lowest BCUT2D eigenvalue weighted by Gasteiger charge is -2.28. The van der Waals surface area contributed by atoms with Gasteiger partial charge in [-0.2, -0.15) is 0 Å². The molecule has 0 radical (unpaired) electrons. The van der Waals surface area contributed by atoms with Crippen LogP contribution >= 0.6 is 0 Å². The number of benzene rings is 1. The quantitative estimate of drug-likeness (QED) is 0.637. The number of aromatic hydroxyl groups is 1. The van der Waals surface area contributed by atoms with Crippen LogP contribution in [0.15, 0.2) is 24.4 Å². The van der Waals surface area contributed by atoms with Crippen LogP contribution in [-0.4, -0.2) is 33.2 Å². The minimum absolute atomic E-state index is 0.0534. The molecule has 1 aromatic carbocycles. The van der Waals surface area contributed by atoms with E-state index in [1.165, 1.54) is 5.56 Å². The molecule has 1 aliphatic heterocycles. The number of phenols is 1. The van der Waals surface area contributed by atoms with Crippen LogP contribution in [0.2, 0.25) is 0 Å². The first kappa shape index (κ1) is 23.0. The molecule has 0 fully saturated rings. The summed E-state index contributed by atoms with van der Waals surface area (Å²) >= 11 is 0. The number of carbonyl (C=O) groups excluding carboxylic acids is 1. The highest BCUT2D eigenvalue weighted by Crippen LogP contribution is 2.40. The van der Waals surface area contributed by atoms with Crippen molar-refractivity contribution in [2.24, 2.45) is 0 Å². The van der Waals surface area contributed by atoms with Gasteiger partial charge < -0.3 is 10.0 Å². The van der Waals surface area contributed by atoms with Crippen LogP contribution in [0.4, 0.5) is 0 Å². The van der Waals surface area contributed by atoms with Crippen molar-refractivity contribution in [1.82, 2.24) is 9.88 Å². The maximum Gasteiger partial charge on any atom is 0.182 e. The number of aryl methyl sites for hydroxylation is 1. The number of ketones is 1. The first-order valence-electron chi connectivity index (χ1n) is 11.1. The Morgan fingerprint density at radius 3 is 2.19 bits per heavy atom. The number of aromatic nitrogens is 1. The first-order valence-corrected chi connectivity index (χ1v) is 11.1. The van der Waals surface area contributed by atoms with Gasteiger partial charge in [-0.15, -0.1) is 0 Å². The predicted octanol–water partition coefficient (Wildman–Crippen LogP) is 5.36. The van der Waals surface area contributed by atoms with E-state index in [1.807, 2.05) is 59.9 Å². The maximum atomic E-state index is 13.3. The third-order valence-corrected chi connectivity index (χ3v) is 5.85. The summed E-state index contributed by atoms with van der Waals surface area (Å²) in [4.78, 5) is 19.6. The van der Waals surface area contributed by atoms with E-state index in [2.05, 4.69) is 18.0 Å². The number of pyridine rings is 1. The average molecular weight is 422 g/mol. The van der Waals surface area contributed by atoms with E-state index in [1.54, 1.807) is 4.90 Å². The lowest BCUT2D eigenvalue weighted by atomic mass is 9.78. The predicted molar refractivity (Wildman–Crippen MR) is 125 cm³/mol. The Morgan fingerprint density at radius 1 is 1.10 bits per heavy atom. The third-order valence-electron chi connectivity index (χ3n) is 5.85. The molecule has 2 N–H and O–H groups in total. The topological polar surface area (TPSA) is 77.3 Å². The molecule has 5 heteroatoms. The molecule has 2 heterocycles. The van der Waals surface area contributed by atoms with Gasteiger partial charge in [0.1, 0.15) is 17.3 Å². The number of hydrogen-bond donors (Lipinski definition) is 2. The molecule has 0 saturated carbocycles. The number of Topliss-reactive ketones (excluding diaryl/α,β-unsaturated/α-hetero) is 1. The first-order chi connectivity index (χ1) is 14.3. The highest BCUT2D eigenvalue weighted by Gasteiger charge is 2.30. The Kier molecular flexibility index (Phi) is 6.01. The smallest absolute Gasteiger partial charge is 0.182 e. The van der Waals surface area contributed by atoms with Gasteiger partial charge in [0.25, 0.3) is 0 Å². The van der Waals surface area contributed by atoms with Crippen LogP contribution in [0.25, 0.3) is 0 Å². The molecule has 1 aliphatic rings. The van der Waals surface area contributed by atoms with E-state index >= 15 is 0 Å². The fraction of sp³-hybridized carbons (Fsp3) is 0.500. The minimum Gasteiger partial charge on any atom is -0.507 e. The van der Waals surface area contributed by atoms with Crippen LogP contribution in [0.3, 0.4) is 0 Å². The minimum atomic E-state index is -0.295. The molecular formula is C26H35N3O2. The molecule has 0 aliphatic carbocycles. The number of nitrogens with one attached hydrogen (secondary N) is 1. The van der Waals surface area contributed by atoms with Crippen molar-refractivity contribution in [3.63, 3.8) is 0 Å². The number of fused-ring (bicyclic) bond motifs is 1. The lowest BCUT2D eigenvalue weighted by molar-refractivity contribution is 0.0962. The summed E-state index contributed by atoms with van der Waals surface area (Å²) in [5.41, 5.74) is 4.39. The fourth-order valence-corrected chi connectivity index (χ4v) is 4.09. The van der Waals surface area contributed by atoms with Crippen LogP contribution < -0.4 is 0 Å². The maximum absolute atomic E-state index is 13.3. The molecule has 0 saturated heterocycles. The Morgan fingerprint density at radius 2 is 1.68 bits per heavy atom. The van der Waals surface area contributed by atoms with Gasteiger partial charge in [0.15, 0.2) is 5.78 Å². The largest absolute Gasteiger partial charge is 0.507 e. The summed E-state index contributed by atoms with van der Waals surface area (Å²) in [6, 6.07) is 5.75. The van der Waals surface area contributed by atoms with Crippen molar-refractivity contribution in [1.29, 1.82) is 5.41 Å². The van der Waals surface area contributed by atoms with Crippen LogP contribution in [-0.2, 0) is 23.8 Å². The van der Waals surface area contributed by atoms with Gasteiger partial charge >= 0.3 is 0 Å². The third kappa shape index (κ3) is 4.65. The van der Waals surface area contributed by atoms with Gasteiger partial charge in [-0.1, -0.05) is 61.0 Å². The van der Waals surface area contributed by atoms with Gasteiger partial charge in [0, 0.05) is 35.0 Å². The molecule has 0 atom stereocenters. The molecule has 0 unspecified atom stereocenters. The van der Waals surface area contributed by atoms with E-state index < -0.39 is 0 Å². The fourth-order valence-electron chi connectivity index (χ4n) is 4.09. The van der Waals surface area contributed by atoms with Crippen molar-refractivity contribution < 1.29 is 9.90 Å². The molecule has 0 spiro atoms. The second kappa shape index (κ2) is 8.10. The van der Waals surface area contributed by atoms with Crippen molar-refractivity contribution in [3.05, 3.63) is 57.9 Å². The summed E-state index contributed by atoms with van der Waals surface area (Å²) < 4.78 is 0. The van der Waals surface area contributed by atoms with Crippen molar-refractivity contribution in [2.75, 3.05) is 6.54 Å². The highest BCUT2D eigenvalue weighted by molar-refractivity contribution is 6.04. The van der Waals surface area contributed by atoms with Crippen LogP contribution in [0.5, 0.6) is 5.75 Å². The molecule has 2 aromatic rings. The van der Waals surface area contributed by atoms with Crippen molar-refractivity contribution in [2.45, 2.75) is 78.7 Å². The molecule has 3 rings (SSSR count). The number of amidine groups is 1. The summed E-state index contributed by atoms with van der Waals surface area (Å²) in [6.45, 7) is 15.0. The van der Waals surface area contributed by atoms with Crippen LogP contribution in [0.1, 0.15) is 93.2 Å². The van der Waals surface area contributed by atoms with Crippen LogP contribution in [0, 0.1) is 5.41 Å². The lowest BCUT2D eigenvalue weighted by Crippen LogP contribution is -2.31. The second-order valence-corrected chi connectivity index (χ2v) is 10.6. The van der Waals surface area contributed by atoms with E-state index in [-0.39, 0.29) is 28.9 Å². The zero-order valence-corrected chi connectivity index (χ0v) is 19.9. The van der Waals surface area contributed by atoms with E-state index in [9.17, 15) is 9.90 Å². The zero-order chi connectivity index (χ0) is 23.1. The summed E-state index contributed by atoms with van der Waals surface area (Å²) in [6.07, 6.45) is 3.85. The monoisotopic (exact) mass is 421 g/mol. The number of carbonyl (C=O) groups is 1. The normalized spacial score (nSPS) is 14.2. The Labute approximate surface area is 186 Å². The summed E-state index contributed by atoms with van der Waals surface area (Å²) in [7, 11) is 0. The van der Waals surface area contributed by atoms with Gasteiger partial charge in [-0.3, -0.25) is 15.2 Å². The molecule has 166 valence electrons. The van der Waals surface area contributed by atoms with E-state index in [4.69, 9.17) is 5.41 Å². The average Bonchev–Trinajstić information content (AvgIpc) is 2.95. The van der Waals surface area contributed by atoms with Gasteiger partial charge in [-0.25, -0.2) is 0 Å². The SMILES string of the molecule is CCCc1cnc2c(c1)CN(CC(=O)c1cc(C(C)(C)C)c(O)c(C(C)(C)C)c1)C2=N. The Bertz CT molecular complexity index is 991. The van der Waals surface area contributed by atoms with Crippen molar-refractivity contribution >= 4 is 11.6 Å². The standard InChI is InChI=1S/C26H35N3O2/c1-8-9-16-10-18-14-29(24(27)22(18)28-13-16)15-21(30)17-11-19(25(2,3)4)23(31)20(12-17)26(5,6)7/h10-13,27,31H,8-9,14-15H2,1-7H3. The molecule has 1 aromatic heterocycles. The molecule has 0 bridgehead atoms. The molecule has 0 amide bonds. The van der Waals surface area contributed by atoms with Gasteiger partial charge in [-0.05, 0) is 34.9 Å². The summed E-state index contributed by atoms with van der Waals surface area (Å²) in [5.74, 6) is 0.519. The van der Waals surface area contributed by atoms with E-state index in [0.717, 1.165) is 29.5 Å². The highest BCUT2D eigenvalue weighted by atomic mass is 16.3. The van der Waals surface area contributed by atoms with Crippen molar-refractivity contribution in [3.8, 4) is 5.75 Å². The van der Waals surface area contributed by atoms with Gasteiger partial charge in [0.05, 0.1) is 6.54 Å². The molecule has 5 nitrogen and oxygen atoms in total. The Balaban J connectivity index is 1.91. The number of rotatable bonds is 5. The number of hydrogen-bond acceptors (Lipinski definition) is 4. The number of nitrogens with zero attached hydrogens (tertiary/aromatic N) is 2. The number of phenolic OH excluding ortho intramolecular Hbond substituents is 1. The molecular weight excluding hydrogens is 386 g/mol. The zero-order valence-electron chi connectivity index (χ0n) is 19.9. The van der Waals surface area contributed by atoms with Gasteiger partial charge in [0.2, 0.25) is 0 Å². The van der Waals surface area contributed by atoms with E-state index in [0.29, 0.717) is 23.6 Å².